The Bertz CT molecular complexity index is 376. The van der Waals surface area contributed by atoms with Crippen LogP contribution in [0.25, 0.3) is 0 Å². The monoisotopic (exact) mass is 193 g/mol. The van der Waals surface area contributed by atoms with Crippen molar-refractivity contribution in [1.82, 2.24) is 4.90 Å². The summed E-state index contributed by atoms with van der Waals surface area (Å²) in [6.07, 6.45) is 0. The van der Waals surface area contributed by atoms with Crippen molar-refractivity contribution in [1.29, 1.82) is 0 Å². The number of rotatable bonds is 0. The number of carbonyl (C=O) groups excluding carboxylic acids is 1. The molecule has 0 radical (unpaired) electrons. The molecule has 1 N–H and O–H groups in total. The fraction of sp³-hybridized carbons (Fsp3) is 0.300. The van der Waals surface area contributed by atoms with Crippen LogP contribution in [-0.4, -0.2) is 36.1 Å². The van der Waals surface area contributed by atoms with Crippen molar-refractivity contribution in [3.63, 3.8) is 0 Å². The predicted molar refractivity (Wildman–Crippen MR) is 50.6 cm³/mol. The van der Waals surface area contributed by atoms with Crippen molar-refractivity contribution in [2.75, 3.05) is 20.2 Å². The lowest BCUT2D eigenvalue weighted by molar-refractivity contribution is 0.0797. The summed E-state index contributed by atoms with van der Waals surface area (Å²) in [5, 5.41) is 9.49. The van der Waals surface area contributed by atoms with Crippen LogP contribution in [0.1, 0.15) is 10.4 Å². The Kier molecular flexibility index (Phi) is 2.04. The number of nitrogens with zero attached hydrogens (tertiary/aromatic N) is 1. The van der Waals surface area contributed by atoms with Crippen molar-refractivity contribution >= 4 is 5.91 Å². The van der Waals surface area contributed by atoms with Gasteiger partial charge in [-0.05, 0) is 12.1 Å². The molecule has 0 aromatic heterocycles. The van der Waals surface area contributed by atoms with Gasteiger partial charge in [0.1, 0.15) is 6.61 Å². The van der Waals surface area contributed by atoms with E-state index in [0.29, 0.717) is 24.5 Å². The van der Waals surface area contributed by atoms with Crippen LogP contribution in [0.15, 0.2) is 18.2 Å². The van der Waals surface area contributed by atoms with Gasteiger partial charge in [-0.1, -0.05) is 6.07 Å². The molecule has 14 heavy (non-hydrogen) atoms. The number of likely N-dealkylation sites (N-methyl/N-ethyl adjacent to an activating group) is 1. The van der Waals surface area contributed by atoms with Gasteiger partial charge in [0.05, 0.1) is 12.1 Å². The molecule has 1 aliphatic rings. The zero-order chi connectivity index (χ0) is 10.1. The van der Waals surface area contributed by atoms with Gasteiger partial charge in [-0.2, -0.15) is 0 Å². The average Bonchev–Trinajstić information content (AvgIpc) is 2.31. The molecule has 0 spiro atoms. The van der Waals surface area contributed by atoms with Gasteiger partial charge in [0.2, 0.25) is 0 Å². The third-order valence-corrected chi connectivity index (χ3v) is 2.24. The Hall–Kier alpha value is -1.71. The summed E-state index contributed by atoms with van der Waals surface area (Å²) in [5.74, 6) is 0.196. The summed E-state index contributed by atoms with van der Waals surface area (Å²) in [6, 6.07) is 4.80. The van der Waals surface area contributed by atoms with Crippen LogP contribution < -0.4 is 4.74 Å². The molecule has 1 aromatic carbocycles. The number of phenolic OH excluding ortho intramolecular Hbond substituents is 1. The van der Waals surface area contributed by atoms with E-state index in [-0.39, 0.29) is 11.7 Å². The van der Waals surface area contributed by atoms with E-state index in [9.17, 15) is 9.90 Å². The molecule has 1 amide bonds. The van der Waals surface area contributed by atoms with Gasteiger partial charge in [-0.25, -0.2) is 0 Å². The van der Waals surface area contributed by atoms with Gasteiger partial charge >= 0.3 is 0 Å². The van der Waals surface area contributed by atoms with Gasteiger partial charge < -0.3 is 14.7 Å². The maximum atomic E-state index is 11.7. The molecule has 4 heteroatoms. The number of carbonyl (C=O) groups is 1. The molecule has 0 aliphatic carbocycles. The fourth-order valence-corrected chi connectivity index (χ4v) is 1.44. The second-order valence-electron chi connectivity index (χ2n) is 3.23. The van der Waals surface area contributed by atoms with Crippen LogP contribution in [0, 0.1) is 0 Å². The summed E-state index contributed by atoms with van der Waals surface area (Å²) in [7, 11) is 1.71. The average molecular weight is 193 g/mol. The lowest BCUT2D eigenvalue weighted by atomic mass is 10.1. The molecule has 4 nitrogen and oxygen atoms in total. The number of benzene rings is 1. The van der Waals surface area contributed by atoms with Crippen LogP contribution in [-0.2, 0) is 0 Å². The number of fused-ring (bicyclic) bond motifs is 1. The number of aromatic hydroxyl groups is 1. The van der Waals surface area contributed by atoms with Gasteiger partial charge in [0.25, 0.3) is 5.91 Å². The molecule has 0 fully saturated rings. The lowest BCUT2D eigenvalue weighted by Gasteiger charge is -2.11. The number of para-hydroxylation sites is 1. The molecule has 1 aliphatic heterocycles. The van der Waals surface area contributed by atoms with Crippen LogP contribution in [0.4, 0.5) is 0 Å². The molecule has 1 aromatic rings. The third kappa shape index (κ3) is 1.28. The quantitative estimate of drug-likeness (QED) is 0.664. The van der Waals surface area contributed by atoms with E-state index < -0.39 is 0 Å². The van der Waals surface area contributed by atoms with E-state index in [1.165, 1.54) is 6.07 Å². The fourth-order valence-electron chi connectivity index (χ4n) is 1.44. The first kappa shape index (κ1) is 8.87. The topological polar surface area (TPSA) is 49.8 Å². The Balaban J connectivity index is 2.53. The second kappa shape index (κ2) is 3.21. The van der Waals surface area contributed by atoms with Gasteiger partial charge in [0.15, 0.2) is 11.5 Å². The van der Waals surface area contributed by atoms with E-state index in [4.69, 9.17) is 4.74 Å². The van der Waals surface area contributed by atoms with Crippen molar-refractivity contribution in [3.05, 3.63) is 23.8 Å². The molecule has 0 saturated carbocycles. The molecule has 0 saturated heterocycles. The largest absolute Gasteiger partial charge is 0.504 e. The second-order valence-corrected chi connectivity index (χ2v) is 3.23. The molecule has 0 atom stereocenters. The highest BCUT2D eigenvalue weighted by molar-refractivity contribution is 5.97. The molecule has 0 bridgehead atoms. The normalized spacial score (nSPS) is 15.8. The van der Waals surface area contributed by atoms with Crippen LogP contribution in [0.3, 0.4) is 0 Å². The minimum Gasteiger partial charge on any atom is -0.504 e. The smallest absolute Gasteiger partial charge is 0.257 e. The Morgan fingerprint density at radius 3 is 3.07 bits per heavy atom. The first-order chi connectivity index (χ1) is 6.70. The third-order valence-electron chi connectivity index (χ3n) is 2.24. The van der Waals surface area contributed by atoms with E-state index in [1.54, 1.807) is 24.1 Å². The highest BCUT2D eigenvalue weighted by atomic mass is 16.5. The van der Waals surface area contributed by atoms with Crippen molar-refractivity contribution < 1.29 is 14.6 Å². The first-order valence-electron chi connectivity index (χ1n) is 4.40. The van der Waals surface area contributed by atoms with Crippen LogP contribution >= 0.6 is 0 Å². The van der Waals surface area contributed by atoms with Crippen LogP contribution in [0.5, 0.6) is 11.5 Å². The van der Waals surface area contributed by atoms with Crippen molar-refractivity contribution in [2.24, 2.45) is 0 Å². The van der Waals surface area contributed by atoms with Crippen LogP contribution in [0.2, 0.25) is 0 Å². The molecule has 0 unspecified atom stereocenters. The van der Waals surface area contributed by atoms with Gasteiger partial charge in [-0.15, -0.1) is 0 Å². The molecular formula is C10H11NO3. The Labute approximate surface area is 81.7 Å². The van der Waals surface area contributed by atoms with E-state index in [2.05, 4.69) is 0 Å². The molecule has 1 heterocycles. The summed E-state index contributed by atoms with van der Waals surface area (Å²) in [4.78, 5) is 13.3. The first-order valence-corrected chi connectivity index (χ1v) is 4.40. The number of amides is 1. The lowest BCUT2D eigenvalue weighted by Crippen LogP contribution is -2.27. The maximum Gasteiger partial charge on any atom is 0.257 e. The zero-order valence-electron chi connectivity index (χ0n) is 7.86. The minimum absolute atomic E-state index is 0.0196. The maximum absolute atomic E-state index is 11.7. The number of ether oxygens (including phenoxy) is 1. The molecule has 74 valence electrons. The van der Waals surface area contributed by atoms with Crippen molar-refractivity contribution in [3.8, 4) is 11.5 Å². The molecular weight excluding hydrogens is 182 g/mol. The molecule has 2 rings (SSSR count). The summed E-state index contributed by atoms with van der Waals surface area (Å²) in [5.41, 5.74) is 0.421. The highest BCUT2D eigenvalue weighted by Gasteiger charge is 2.22. The highest BCUT2D eigenvalue weighted by Crippen LogP contribution is 2.31. The minimum atomic E-state index is -0.117. The summed E-state index contributed by atoms with van der Waals surface area (Å²) < 4.78 is 5.31. The summed E-state index contributed by atoms with van der Waals surface area (Å²) >= 11 is 0. The number of hydrogen-bond donors (Lipinski definition) is 1. The summed E-state index contributed by atoms with van der Waals surface area (Å²) in [6.45, 7) is 0.944. The predicted octanol–water partition coefficient (Wildman–Crippen LogP) is 0.857. The standard InChI is InChI=1S/C10H11NO3/c1-11-5-6-14-9-7(10(11)13)3-2-4-8(9)12/h2-4,12H,5-6H2,1H3. The number of phenols is 1. The van der Waals surface area contributed by atoms with E-state index >= 15 is 0 Å². The zero-order valence-corrected chi connectivity index (χ0v) is 7.86. The van der Waals surface area contributed by atoms with E-state index in [1.807, 2.05) is 0 Å². The Morgan fingerprint density at radius 1 is 1.50 bits per heavy atom. The van der Waals surface area contributed by atoms with Crippen molar-refractivity contribution in [2.45, 2.75) is 0 Å². The SMILES string of the molecule is CN1CCOc2c(O)cccc2C1=O. The van der Waals surface area contributed by atoms with E-state index in [0.717, 1.165) is 0 Å². The number of hydrogen-bond acceptors (Lipinski definition) is 3. The Morgan fingerprint density at radius 2 is 2.29 bits per heavy atom. The van der Waals surface area contributed by atoms with Gasteiger partial charge in [0, 0.05) is 7.05 Å². The van der Waals surface area contributed by atoms with Gasteiger partial charge in [-0.3, -0.25) is 4.79 Å².